The molecule has 1 N–H and O–H groups in total. The van der Waals surface area contributed by atoms with E-state index in [0.717, 1.165) is 5.56 Å². The first kappa shape index (κ1) is 14.0. The minimum Gasteiger partial charge on any atom is -0.383 e. The Morgan fingerprint density at radius 2 is 2.32 bits per heavy atom. The number of methoxy groups -OCH3 is 1. The summed E-state index contributed by atoms with van der Waals surface area (Å²) in [4.78, 5) is 4.36. The smallest absolute Gasteiger partial charge is 0.228 e. The van der Waals surface area contributed by atoms with Crippen LogP contribution in [0.4, 0.5) is 0 Å². The Kier molecular flexibility index (Phi) is 4.90. The molecule has 19 heavy (non-hydrogen) atoms. The van der Waals surface area contributed by atoms with Crippen molar-refractivity contribution in [1.29, 1.82) is 0 Å². The molecule has 2 rings (SSSR count). The highest BCUT2D eigenvalue weighted by molar-refractivity contribution is 6.30. The van der Waals surface area contributed by atoms with E-state index in [2.05, 4.69) is 15.5 Å². The zero-order valence-corrected chi connectivity index (χ0v) is 11.6. The van der Waals surface area contributed by atoms with Crippen LogP contribution in [0.1, 0.15) is 5.89 Å². The third kappa shape index (κ3) is 3.76. The molecule has 0 bridgehead atoms. The predicted octanol–water partition coefficient (Wildman–Crippen LogP) is 2.17. The number of aromatic nitrogens is 2. The minimum atomic E-state index is 0.151. The fourth-order valence-electron chi connectivity index (χ4n) is 1.74. The first-order valence-corrected chi connectivity index (χ1v) is 6.35. The van der Waals surface area contributed by atoms with Crippen LogP contribution in [0.5, 0.6) is 0 Å². The van der Waals surface area contributed by atoms with Gasteiger partial charge in [-0.1, -0.05) is 28.9 Å². The number of nitrogens with one attached hydrogen (secondary N) is 1. The highest BCUT2D eigenvalue weighted by Gasteiger charge is 2.14. The maximum Gasteiger partial charge on any atom is 0.228 e. The fraction of sp³-hybridized carbons (Fsp3) is 0.385. The fourth-order valence-corrected chi connectivity index (χ4v) is 1.93. The topological polar surface area (TPSA) is 60.2 Å². The van der Waals surface area contributed by atoms with E-state index in [1.807, 2.05) is 25.2 Å². The Morgan fingerprint density at radius 1 is 1.47 bits per heavy atom. The average molecular weight is 282 g/mol. The number of likely N-dealkylation sites (N-methyl/N-ethyl adjacent to an activating group) is 1. The molecule has 1 aromatic carbocycles. The van der Waals surface area contributed by atoms with Crippen molar-refractivity contribution in [2.24, 2.45) is 0 Å². The van der Waals surface area contributed by atoms with E-state index in [1.54, 1.807) is 13.2 Å². The summed E-state index contributed by atoms with van der Waals surface area (Å²) in [5.41, 5.74) is 0.843. The molecule has 0 amide bonds. The first-order chi connectivity index (χ1) is 9.22. The van der Waals surface area contributed by atoms with Gasteiger partial charge in [-0.05, 0) is 19.2 Å². The van der Waals surface area contributed by atoms with E-state index in [9.17, 15) is 0 Å². The van der Waals surface area contributed by atoms with Gasteiger partial charge in [0.1, 0.15) is 0 Å². The lowest BCUT2D eigenvalue weighted by atomic mass is 10.2. The van der Waals surface area contributed by atoms with Gasteiger partial charge in [-0.2, -0.15) is 4.98 Å². The summed E-state index contributed by atoms with van der Waals surface area (Å²) in [6.07, 6.45) is 0.623. The summed E-state index contributed by atoms with van der Waals surface area (Å²) in [5, 5.41) is 7.75. The van der Waals surface area contributed by atoms with Crippen LogP contribution in [0.3, 0.4) is 0 Å². The molecule has 0 saturated carbocycles. The lowest BCUT2D eigenvalue weighted by Gasteiger charge is -2.11. The second kappa shape index (κ2) is 6.65. The molecular weight excluding hydrogens is 266 g/mol. The number of benzene rings is 1. The zero-order valence-electron chi connectivity index (χ0n) is 10.9. The second-order valence-corrected chi connectivity index (χ2v) is 4.60. The van der Waals surface area contributed by atoms with Crippen LogP contribution in [-0.2, 0) is 11.2 Å². The molecule has 6 heteroatoms. The summed E-state index contributed by atoms with van der Waals surface area (Å²) < 4.78 is 10.3. The molecule has 0 aliphatic heterocycles. The third-order valence-electron chi connectivity index (χ3n) is 2.75. The van der Waals surface area contributed by atoms with Crippen LogP contribution in [-0.4, -0.2) is 36.9 Å². The van der Waals surface area contributed by atoms with Gasteiger partial charge in [0.2, 0.25) is 11.7 Å². The molecule has 2 aromatic rings. The van der Waals surface area contributed by atoms with Gasteiger partial charge in [-0.25, -0.2) is 0 Å². The molecule has 0 spiro atoms. The van der Waals surface area contributed by atoms with Gasteiger partial charge in [0.15, 0.2) is 0 Å². The molecule has 0 aliphatic rings. The summed E-state index contributed by atoms with van der Waals surface area (Å²) in [6.45, 7) is 0.589. The van der Waals surface area contributed by atoms with Crippen molar-refractivity contribution in [2.45, 2.75) is 12.5 Å². The maximum atomic E-state index is 5.94. The van der Waals surface area contributed by atoms with Gasteiger partial charge in [0.25, 0.3) is 0 Å². The van der Waals surface area contributed by atoms with E-state index in [-0.39, 0.29) is 6.04 Å². The van der Waals surface area contributed by atoms with Crippen LogP contribution < -0.4 is 5.32 Å². The van der Waals surface area contributed by atoms with Gasteiger partial charge in [0, 0.05) is 30.2 Å². The Balaban J connectivity index is 2.10. The molecule has 0 radical (unpaired) electrons. The maximum absolute atomic E-state index is 5.94. The van der Waals surface area contributed by atoms with Gasteiger partial charge in [0.05, 0.1) is 6.61 Å². The lowest BCUT2D eigenvalue weighted by molar-refractivity contribution is 0.165. The van der Waals surface area contributed by atoms with E-state index >= 15 is 0 Å². The van der Waals surface area contributed by atoms with Crippen molar-refractivity contribution in [3.05, 3.63) is 35.2 Å². The molecule has 102 valence electrons. The highest BCUT2D eigenvalue weighted by Crippen LogP contribution is 2.20. The number of hydrogen-bond acceptors (Lipinski definition) is 5. The summed E-state index contributed by atoms with van der Waals surface area (Å²) in [7, 11) is 3.54. The number of hydrogen-bond donors (Lipinski definition) is 1. The quantitative estimate of drug-likeness (QED) is 0.879. The molecule has 1 heterocycles. The van der Waals surface area contributed by atoms with Crippen molar-refractivity contribution in [2.75, 3.05) is 20.8 Å². The molecular formula is C13H16ClN3O2. The Morgan fingerprint density at radius 3 is 3.00 bits per heavy atom. The van der Waals surface area contributed by atoms with Gasteiger partial charge in [-0.3, -0.25) is 0 Å². The predicted molar refractivity (Wildman–Crippen MR) is 73.2 cm³/mol. The van der Waals surface area contributed by atoms with Crippen molar-refractivity contribution >= 4 is 11.6 Å². The SMILES string of the molecule is CNC(COC)Cc1nc(-c2cccc(Cl)c2)no1. The minimum absolute atomic E-state index is 0.151. The molecule has 1 atom stereocenters. The van der Waals surface area contributed by atoms with Crippen LogP contribution in [0.25, 0.3) is 11.4 Å². The lowest BCUT2D eigenvalue weighted by Crippen LogP contribution is -2.32. The molecule has 0 saturated heterocycles. The average Bonchev–Trinajstić information content (AvgIpc) is 2.87. The van der Waals surface area contributed by atoms with Crippen molar-refractivity contribution in [3.8, 4) is 11.4 Å². The molecule has 5 nitrogen and oxygen atoms in total. The van der Waals surface area contributed by atoms with Crippen molar-refractivity contribution in [1.82, 2.24) is 15.5 Å². The summed E-state index contributed by atoms with van der Waals surface area (Å²) in [6, 6.07) is 7.51. The number of ether oxygens (including phenoxy) is 1. The van der Waals surface area contributed by atoms with Gasteiger partial charge < -0.3 is 14.6 Å². The van der Waals surface area contributed by atoms with E-state index < -0.39 is 0 Å². The second-order valence-electron chi connectivity index (χ2n) is 4.17. The number of rotatable bonds is 6. The Bertz CT molecular complexity index is 530. The summed E-state index contributed by atoms with van der Waals surface area (Å²) >= 11 is 5.94. The Labute approximate surface area is 116 Å². The zero-order chi connectivity index (χ0) is 13.7. The van der Waals surface area contributed by atoms with Gasteiger partial charge >= 0.3 is 0 Å². The molecule has 0 aliphatic carbocycles. The molecule has 1 aromatic heterocycles. The highest BCUT2D eigenvalue weighted by atomic mass is 35.5. The monoisotopic (exact) mass is 281 g/mol. The van der Waals surface area contributed by atoms with Crippen LogP contribution in [0.15, 0.2) is 28.8 Å². The van der Waals surface area contributed by atoms with Gasteiger partial charge in [-0.15, -0.1) is 0 Å². The van der Waals surface area contributed by atoms with Crippen molar-refractivity contribution < 1.29 is 9.26 Å². The standard InChI is InChI=1S/C13H16ClN3O2/c1-15-11(8-18-2)7-12-16-13(17-19-12)9-4-3-5-10(14)6-9/h3-6,11,15H,7-8H2,1-2H3. The Hall–Kier alpha value is -1.43. The van der Waals surface area contributed by atoms with E-state index in [0.29, 0.717) is 29.8 Å². The number of nitrogens with zero attached hydrogens (tertiary/aromatic N) is 2. The number of halogens is 1. The largest absolute Gasteiger partial charge is 0.383 e. The normalized spacial score (nSPS) is 12.6. The van der Waals surface area contributed by atoms with E-state index in [1.165, 1.54) is 0 Å². The van der Waals surface area contributed by atoms with E-state index in [4.69, 9.17) is 20.9 Å². The third-order valence-corrected chi connectivity index (χ3v) is 2.98. The van der Waals surface area contributed by atoms with Crippen molar-refractivity contribution in [3.63, 3.8) is 0 Å². The van der Waals surface area contributed by atoms with Crippen LogP contribution in [0.2, 0.25) is 5.02 Å². The van der Waals surface area contributed by atoms with Crippen LogP contribution in [0, 0.1) is 0 Å². The molecule has 0 fully saturated rings. The summed E-state index contributed by atoms with van der Waals surface area (Å²) in [5.74, 6) is 1.12. The first-order valence-electron chi connectivity index (χ1n) is 5.97. The molecule has 1 unspecified atom stereocenters. The van der Waals surface area contributed by atoms with Crippen LogP contribution >= 0.6 is 11.6 Å².